The van der Waals surface area contributed by atoms with Gasteiger partial charge in [0.2, 0.25) is 0 Å². The maximum absolute atomic E-state index is 12.5. The van der Waals surface area contributed by atoms with Crippen molar-refractivity contribution in [2.45, 2.75) is 27.7 Å². The molecule has 4 rings (SSSR count). The van der Waals surface area contributed by atoms with E-state index >= 15 is 0 Å². The molecule has 0 atom stereocenters. The van der Waals surface area contributed by atoms with Crippen molar-refractivity contribution in [2.75, 3.05) is 0 Å². The molecule has 1 saturated heterocycles. The lowest BCUT2D eigenvalue weighted by molar-refractivity contribution is -0.115. The summed E-state index contributed by atoms with van der Waals surface area (Å²) < 4.78 is 2.14. The minimum absolute atomic E-state index is 0.129. The average Bonchev–Trinajstić information content (AvgIpc) is 3.16. The first kappa shape index (κ1) is 20.5. The Morgan fingerprint density at radius 3 is 2.60 bits per heavy atom. The highest BCUT2D eigenvalue weighted by atomic mass is 35.5. The highest BCUT2D eigenvalue weighted by Crippen LogP contribution is 2.31. The predicted molar refractivity (Wildman–Crippen MR) is 127 cm³/mol. The number of nitrogens with one attached hydrogen (secondary N) is 1. The van der Waals surface area contributed by atoms with Crippen LogP contribution in [0, 0.1) is 27.7 Å². The third-order valence-corrected chi connectivity index (χ3v) is 6.19. The summed E-state index contributed by atoms with van der Waals surface area (Å²) in [6, 6.07) is 15.9. The molecule has 1 N–H and O–H groups in total. The monoisotopic (exact) mass is 435 g/mol. The molecule has 0 radical (unpaired) electrons. The maximum atomic E-state index is 12.5. The fraction of sp³-hybridized carbons (Fsp3) is 0.167. The molecule has 1 aliphatic heterocycles. The van der Waals surface area contributed by atoms with E-state index < -0.39 is 0 Å². The lowest BCUT2D eigenvalue weighted by Crippen LogP contribution is -2.19. The normalized spacial score (nSPS) is 16.5. The van der Waals surface area contributed by atoms with Crippen molar-refractivity contribution < 1.29 is 4.79 Å². The molecule has 0 bridgehead atoms. The Morgan fingerprint density at radius 1 is 1.07 bits per heavy atom. The van der Waals surface area contributed by atoms with Gasteiger partial charge in [0.1, 0.15) is 0 Å². The third-order valence-electron chi connectivity index (χ3n) is 5.05. The van der Waals surface area contributed by atoms with E-state index in [0.717, 1.165) is 33.9 Å². The van der Waals surface area contributed by atoms with Crippen molar-refractivity contribution in [1.82, 2.24) is 9.88 Å². The number of thioether (sulfide) groups is 1. The van der Waals surface area contributed by atoms with Crippen LogP contribution in [-0.4, -0.2) is 15.6 Å². The molecule has 3 aromatic rings. The quantitative estimate of drug-likeness (QED) is 0.494. The number of hydrogen-bond donors (Lipinski definition) is 1. The van der Waals surface area contributed by atoms with Crippen molar-refractivity contribution in [2.24, 2.45) is 4.99 Å². The number of halogens is 1. The largest absolute Gasteiger partial charge is 0.318 e. The maximum Gasteiger partial charge on any atom is 0.264 e. The molecule has 1 fully saturated rings. The Morgan fingerprint density at radius 2 is 1.87 bits per heavy atom. The molecule has 30 heavy (non-hydrogen) atoms. The second kappa shape index (κ2) is 8.17. The smallest absolute Gasteiger partial charge is 0.264 e. The Hall–Kier alpha value is -2.76. The van der Waals surface area contributed by atoms with Gasteiger partial charge in [-0.25, -0.2) is 4.99 Å². The molecule has 0 spiro atoms. The number of amides is 1. The van der Waals surface area contributed by atoms with Crippen molar-refractivity contribution in [1.29, 1.82) is 0 Å². The van der Waals surface area contributed by atoms with E-state index in [1.807, 2.05) is 63.2 Å². The molecule has 0 aliphatic carbocycles. The molecule has 6 heteroatoms. The number of benzene rings is 2. The van der Waals surface area contributed by atoms with Gasteiger partial charge in [0, 0.05) is 22.1 Å². The van der Waals surface area contributed by atoms with Gasteiger partial charge in [0.15, 0.2) is 5.17 Å². The van der Waals surface area contributed by atoms with Crippen molar-refractivity contribution >= 4 is 46.2 Å². The van der Waals surface area contributed by atoms with E-state index in [1.165, 1.54) is 17.3 Å². The molecule has 2 heterocycles. The highest BCUT2D eigenvalue weighted by molar-refractivity contribution is 8.18. The first-order valence-electron chi connectivity index (χ1n) is 9.63. The van der Waals surface area contributed by atoms with Gasteiger partial charge in [-0.1, -0.05) is 35.4 Å². The summed E-state index contributed by atoms with van der Waals surface area (Å²) in [5.41, 5.74) is 7.27. The number of aryl methyl sites for hydroxylation is 3. The number of carbonyl (C=O) groups is 1. The Kier molecular flexibility index (Phi) is 5.58. The molecule has 0 unspecified atom stereocenters. The number of amidine groups is 1. The Labute approximate surface area is 185 Å². The van der Waals surface area contributed by atoms with Gasteiger partial charge >= 0.3 is 0 Å². The molecule has 2 aromatic carbocycles. The van der Waals surface area contributed by atoms with Crippen LogP contribution in [0.5, 0.6) is 0 Å². The van der Waals surface area contributed by atoms with Gasteiger partial charge in [0.05, 0.1) is 10.6 Å². The van der Waals surface area contributed by atoms with Crippen LogP contribution in [0.2, 0.25) is 5.02 Å². The number of rotatable bonds is 3. The fourth-order valence-corrected chi connectivity index (χ4v) is 4.62. The summed E-state index contributed by atoms with van der Waals surface area (Å²) in [6.07, 6.45) is 1.92. The van der Waals surface area contributed by atoms with E-state index in [-0.39, 0.29) is 5.91 Å². The molecular formula is C24H22ClN3OS. The van der Waals surface area contributed by atoms with Crippen molar-refractivity contribution in [3.8, 4) is 5.69 Å². The summed E-state index contributed by atoms with van der Waals surface area (Å²) in [6.45, 7) is 8.17. The molecule has 1 amide bonds. The van der Waals surface area contributed by atoms with Gasteiger partial charge in [-0.2, -0.15) is 0 Å². The van der Waals surface area contributed by atoms with Crippen LogP contribution in [0.1, 0.15) is 28.1 Å². The van der Waals surface area contributed by atoms with E-state index in [4.69, 9.17) is 11.6 Å². The van der Waals surface area contributed by atoms with Gasteiger partial charge < -0.3 is 9.88 Å². The van der Waals surface area contributed by atoms with Gasteiger partial charge in [-0.3, -0.25) is 4.79 Å². The molecule has 152 valence electrons. The first-order chi connectivity index (χ1) is 14.3. The highest BCUT2D eigenvalue weighted by Gasteiger charge is 2.25. The van der Waals surface area contributed by atoms with Gasteiger partial charge in [-0.15, -0.1) is 0 Å². The van der Waals surface area contributed by atoms with Crippen LogP contribution in [0.25, 0.3) is 11.8 Å². The zero-order valence-corrected chi connectivity index (χ0v) is 18.9. The molecule has 1 aliphatic rings. The lowest BCUT2D eigenvalue weighted by Gasteiger charge is -2.09. The topological polar surface area (TPSA) is 46.4 Å². The number of aliphatic imine (C=N–C) groups is 1. The minimum atomic E-state index is -0.129. The molecule has 4 nitrogen and oxygen atoms in total. The summed E-state index contributed by atoms with van der Waals surface area (Å²) >= 11 is 7.53. The van der Waals surface area contributed by atoms with E-state index in [9.17, 15) is 4.79 Å². The molecule has 0 saturated carbocycles. The zero-order chi connectivity index (χ0) is 21.4. The lowest BCUT2D eigenvalue weighted by atomic mass is 10.1. The van der Waals surface area contributed by atoms with Gasteiger partial charge in [-0.05, 0) is 87.0 Å². The van der Waals surface area contributed by atoms with Crippen LogP contribution in [-0.2, 0) is 4.79 Å². The number of nitrogens with zero attached hydrogens (tertiary/aromatic N) is 2. The second-order valence-corrected chi connectivity index (χ2v) is 8.88. The third kappa shape index (κ3) is 4.09. The van der Waals surface area contributed by atoms with E-state index in [0.29, 0.717) is 15.1 Å². The Bertz CT molecular complexity index is 1220. The molecular weight excluding hydrogens is 414 g/mol. The van der Waals surface area contributed by atoms with Crippen LogP contribution in [0.15, 0.2) is 58.4 Å². The van der Waals surface area contributed by atoms with E-state index in [1.54, 1.807) is 0 Å². The standard InChI is InChI=1S/C24H22ClN3OS/c1-14-8-9-21(15(2)10-14)26-24-27-23(29)22(30-24)12-18-11-16(3)28(17(18)4)20-7-5-6-19(25)13-20/h5-13H,1-4H3,(H,26,27,29)/b22-12-. The molecule has 1 aromatic heterocycles. The van der Waals surface area contributed by atoms with Gasteiger partial charge in [0.25, 0.3) is 5.91 Å². The summed E-state index contributed by atoms with van der Waals surface area (Å²) in [5.74, 6) is -0.129. The zero-order valence-electron chi connectivity index (χ0n) is 17.3. The Balaban J connectivity index is 1.65. The fourth-order valence-electron chi connectivity index (χ4n) is 3.61. The van der Waals surface area contributed by atoms with E-state index in [2.05, 4.69) is 33.9 Å². The number of carbonyl (C=O) groups excluding carboxylic acids is 1. The number of aromatic nitrogens is 1. The SMILES string of the molecule is Cc1ccc(N=C2NC(=O)/C(=C/c3cc(C)n(-c4cccc(Cl)c4)c3C)S2)c(C)c1. The predicted octanol–water partition coefficient (Wildman–Crippen LogP) is 6.26. The summed E-state index contributed by atoms with van der Waals surface area (Å²) in [7, 11) is 0. The van der Waals surface area contributed by atoms with Crippen LogP contribution in [0.4, 0.5) is 5.69 Å². The second-order valence-electron chi connectivity index (χ2n) is 7.41. The van der Waals surface area contributed by atoms with Crippen LogP contribution < -0.4 is 5.32 Å². The minimum Gasteiger partial charge on any atom is -0.318 e. The average molecular weight is 436 g/mol. The van der Waals surface area contributed by atoms with Crippen molar-refractivity contribution in [3.05, 3.63) is 86.5 Å². The van der Waals surface area contributed by atoms with Crippen LogP contribution in [0.3, 0.4) is 0 Å². The summed E-state index contributed by atoms with van der Waals surface area (Å²) in [5, 5.41) is 4.17. The van der Waals surface area contributed by atoms with Crippen LogP contribution >= 0.6 is 23.4 Å². The number of hydrogen-bond acceptors (Lipinski definition) is 3. The first-order valence-corrected chi connectivity index (χ1v) is 10.8. The summed E-state index contributed by atoms with van der Waals surface area (Å²) in [4.78, 5) is 17.8. The van der Waals surface area contributed by atoms with Crippen molar-refractivity contribution in [3.63, 3.8) is 0 Å².